The van der Waals surface area contributed by atoms with Gasteiger partial charge in [-0.05, 0) is 37.6 Å². The lowest BCUT2D eigenvalue weighted by Crippen LogP contribution is -2.56. The largest absolute Gasteiger partial charge is 0.494 e. The summed E-state index contributed by atoms with van der Waals surface area (Å²) in [5, 5.41) is 7.68. The van der Waals surface area contributed by atoms with Crippen LogP contribution in [0, 0.1) is 0 Å². The summed E-state index contributed by atoms with van der Waals surface area (Å²) in [6, 6.07) is 10.3. The summed E-state index contributed by atoms with van der Waals surface area (Å²) in [4.78, 5) is 16.8. The van der Waals surface area contributed by atoms with Crippen molar-refractivity contribution in [1.82, 2.24) is 24.9 Å². The lowest BCUT2D eigenvalue weighted by Gasteiger charge is -2.41. The third-order valence-corrected chi connectivity index (χ3v) is 5.47. The predicted molar refractivity (Wildman–Crippen MR) is 110 cm³/mol. The van der Waals surface area contributed by atoms with E-state index in [1.807, 2.05) is 35.1 Å². The topological polar surface area (TPSA) is 62.6 Å². The zero-order chi connectivity index (χ0) is 18.6. The van der Waals surface area contributed by atoms with Crippen molar-refractivity contribution >= 4 is 18.3 Å². The van der Waals surface area contributed by atoms with Gasteiger partial charge in [-0.1, -0.05) is 12.1 Å². The van der Waals surface area contributed by atoms with Crippen molar-refractivity contribution in [3.8, 4) is 11.4 Å². The van der Waals surface area contributed by atoms with Crippen LogP contribution >= 0.6 is 12.4 Å². The van der Waals surface area contributed by atoms with Crippen molar-refractivity contribution in [2.45, 2.75) is 25.4 Å². The number of carbonyl (C=O) groups is 1. The second kappa shape index (κ2) is 9.41. The van der Waals surface area contributed by atoms with Crippen molar-refractivity contribution in [3.05, 3.63) is 42.2 Å². The first-order valence-electron chi connectivity index (χ1n) is 9.65. The van der Waals surface area contributed by atoms with E-state index in [1.165, 1.54) is 0 Å². The van der Waals surface area contributed by atoms with Gasteiger partial charge in [-0.15, -0.1) is 12.4 Å². The molecule has 2 aliphatic rings. The van der Waals surface area contributed by atoms with Crippen LogP contribution in [0.3, 0.4) is 0 Å². The van der Waals surface area contributed by atoms with Gasteiger partial charge in [0.1, 0.15) is 11.4 Å². The zero-order valence-electron chi connectivity index (χ0n) is 16.2. The fourth-order valence-corrected chi connectivity index (χ4v) is 4.14. The molecule has 1 N–H and O–H groups in total. The standard InChI is InChI=1S/C20H27N5O2.ClH/c1-27-19-7-3-2-6-18(19)25-17(8-9-22-25)15-23-11-4-5-16(14-23)24-12-10-21-13-20(24)26;/h2-3,6-9,16,21H,4-5,10-15H2,1H3;1H. The minimum Gasteiger partial charge on any atom is -0.494 e. The minimum atomic E-state index is 0. The Morgan fingerprint density at radius 3 is 2.93 bits per heavy atom. The zero-order valence-corrected chi connectivity index (χ0v) is 17.0. The van der Waals surface area contributed by atoms with Gasteiger partial charge < -0.3 is 15.0 Å². The lowest BCUT2D eigenvalue weighted by molar-refractivity contribution is -0.135. The smallest absolute Gasteiger partial charge is 0.236 e. The molecule has 3 heterocycles. The number of piperazine rings is 1. The van der Waals surface area contributed by atoms with Gasteiger partial charge in [0.15, 0.2) is 0 Å². The Kier molecular flexibility index (Phi) is 6.93. The first-order chi connectivity index (χ1) is 13.3. The van der Waals surface area contributed by atoms with E-state index in [0.29, 0.717) is 12.6 Å². The molecule has 2 fully saturated rings. The fraction of sp³-hybridized carbons (Fsp3) is 0.500. The van der Waals surface area contributed by atoms with E-state index in [9.17, 15) is 4.79 Å². The molecule has 2 saturated heterocycles. The Morgan fingerprint density at radius 2 is 2.11 bits per heavy atom. The SMILES string of the molecule is COc1ccccc1-n1nccc1CN1CCCC(N2CCNCC2=O)C1.Cl. The van der Waals surface area contributed by atoms with Gasteiger partial charge in [0, 0.05) is 38.4 Å². The maximum atomic E-state index is 12.2. The van der Waals surface area contributed by atoms with Crippen LogP contribution in [0.25, 0.3) is 5.69 Å². The summed E-state index contributed by atoms with van der Waals surface area (Å²) in [6.07, 6.45) is 4.04. The molecule has 28 heavy (non-hydrogen) atoms. The van der Waals surface area contributed by atoms with Crippen molar-refractivity contribution < 1.29 is 9.53 Å². The van der Waals surface area contributed by atoms with Crippen molar-refractivity contribution in [2.75, 3.05) is 39.8 Å². The molecule has 0 saturated carbocycles. The minimum absolute atomic E-state index is 0. The van der Waals surface area contributed by atoms with Gasteiger partial charge in [0.25, 0.3) is 0 Å². The number of nitrogens with one attached hydrogen (secondary N) is 1. The molecule has 1 atom stereocenters. The van der Waals surface area contributed by atoms with E-state index in [2.05, 4.69) is 26.3 Å². The first kappa shape index (κ1) is 20.6. The number of methoxy groups -OCH3 is 1. The van der Waals surface area contributed by atoms with E-state index < -0.39 is 0 Å². The molecule has 4 rings (SSSR count). The Hall–Kier alpha value is -2.09. The highest BCUT2D eigenvalue weighted by molar-refractivity contribution is 5.85. The molecular weight excluding hydrogens is 378 g/mol. The number of halogens is 1. The number of carbonyl (C=O) groups excluding carboxylic acids is 1. The van der Waals surface area contributed by atoms with Crippen molar-refractivity contribution in [2.24, 2.45) is 0 Å². The number of likely N-dealkylation sites (tertiary alicyclic amines) is 1. The Bertz CT molecular complexity index is 796. The summed E-state index contributed by atoms with van der Waals surface area (Å²) in [6.45, 7) is 4.96. The normalized spacial score (nSPS) is 20.7. The van der Waals surface area contributed by atoms with Gasteiger partial charge in [0.05, 0.1) is 19.3 Å². The molecule has 7 nitrogen and oxygen atoms in total. The average molecular weight is 406 g/mol. The summed E-state index contributed by atoms with van der Waals surface area (Å²) in [5.41, 5.74) is 2.08. The maximum Gasteiger partial charge on any atom is 0.236 e. The van der Waals surface area contributed by atoms with Crippen LogP contribution in [0.15, 0.2) is 36.5 Å². The number of para-hydroxylation sites is 2. The molecule has 152 valence electrons. The van der Waals surface area contributed by atoms with E-state index >= 15 is 0 Å². The van der Waals surface area contributed by atoms with Gasteiger partial charge in [-0.2, -0.15) is 5.10 Å². The molecule has 0 radical (unpaired) electrons. The molecule has 1 amide bonds. The third kappa shape index (κ3) is 4.32. The van der Waals surface area contributed by atoms with Crippen LogP contribution in [-0.2, 0) is 11.3 Å². The summed E-state index contributed by atoms with van der Waals surface area (Å²) in [7, 11) is 1.68. The number of piperidine rings is 1. The Balaban J connectivity index is 0.00000225. The molecule has 1 unspecified atom stereocenters. The van der Waals surface area contributed by atoms with E-state index in [1.54, 1.807) is 7.11 Å². The summed E-state index contributed by atoms with van der Waals surface area (Å²) >= 11 is 0. The van der Waals surface area contributed by atoms with Gasteiger partial charge >= 0.3 is 0 Å². The molecule has 0 spiro atoms. The number of aromatic nitrogens is 2. The molecule has 1 aromatic heterocycles. The average Bonchev–Trinajstić information content (AvgIpc) is 3.16. The lowest BCUT2D eigenvalue weighted by atomic mass is 10.0. The van der Waals surface area contributed by atoms with Crippen LogP contribution in [-0.4, -0.2) is 71.4 Å². The summed E-state index contributed by atoms with van der Waals surface area (Å²) < 4.78 is 7.45. The number of hydrogen-bond acceptors (Lipinski definition) is 5. The van der Waals surface area contributed by atoms with Gasteiger partial charge in [-0.3, -0.25) is 9.69 Å². The molecule has 8 heteroatoms. The van der Waals surface area contributed by atoms with Crippen molar-refractivity contribution in [1.29, 1.82) is 0 Å². The van der Waals surface area contributed by atoms with E-state index in [0.717, 1.165) is 62.7 Å². The Labute approximate surface area is 172 Å². The quantitative estimate of drug-likeness (QED) is 0.820. The highest BCUT2D eigenvalue weighted by Crippen LogP contribution is 2.24. The van der Waals surface area contributed by atoms with Gasteiger partial charge in [-0.25, -0.2) is 4.68 Å². The summed E-state index contributed by atoms with van der Waals surface area (Å²) in [5.74, 6) is 1.04. The third-order valence-electron chi connectivity index (χ3n) is 5.47. The van der Waals surface area contributed by atoms with E-state index in [-0.39, 0.29) is 18.3 Å². The number of amides is 1. The van der Waals surface area contributed by atoms with Crippen LogP contribution < -0.4 is 10.1 Å². The maximum absolute atomic E-state index is 12.2. The van der Waals surface area contributed by atoms with Crippen LogP contribution in [0.1, 0.15) is 18.5 Å². The fourth-order valence-electron chi connectivity index (χ4n) is 4.14. The van der Waals surface area contributed by atoms with E-state index in [4.69, 9.17) is 4.74 Å². The van der Waals surface area contributed by atoms with Gasteiger partial charge in [0.2, 0.25) is 5.91 Å². The number of ether oxygens (including phenoxy) is 1. The molecule has 0 aliphatic carbocycles. The number of rotatable bonds is 5. The molecule has 2 aromatic rings. The molecule has 0 bridgehead atoms. The number of hydrogen-bond donors (Lipinski definition) is 1. The Morgan fingerprint density at radius 1 is 1.25 bits per heavy atom. The molecule has 1 aromatic carbocycles. The predicted octanol–water partition coefficient (Wildman–Crippen LogP) is 1.70. The highest BCUT2D eigenvalue weighted by atomic mass is 35.5. The van der Waals surface area contributed by atoms with Crippen LogP contribution in [0.4, 0.5) is 0 Å². The van der Waals surface area contributed by atoms with Crippen molar-refractivity contribution in [3.63, 3.8) is 0 Å². The second-order valence-corrected chi connectivity index (χ2v) is 7.20. The first-order valence-corrected chi connectivity index (χ1v) is 9.65. The number of nitrogens with zero attached hydrogens (tertiary/aromatic N) is 4. The monoisotopic (exact) mass is 405 g/mol. The highest BCUT2D eigenvalue weighted by Gasteiger charge is 2.30. The number of benzene rings is 1. The van der Waals surface area contributed by atoms with Crippen LogP contribution in [0.2, 0.25) is 0 Å². The molecule has 2 aliphatic heterocycles. The van der Waals surface area contributed by atoms with Crippen LogP contribution in [0.5, 0.6) is 5.75 Å². The molecular formula is C20H28ClN5O2. The second-order valence-electron chi connectivity index (χ2n) is 7.20.